The van der Waals surface area contributed by atoms with Gasteiger partial charge in [-0.15, -0.1) is 11.3 Å². The average Bonchev–Trinajstić information content (AvgIpc) is 3.34. The lowest BCUT2D eigenvalue weighted by Gasteiger charge is -2.28. The molecule has 2 aliphatic rings. The zero-order valence-electron chi connectivity index (χ0n) is 17.6. The molecule has 0 N–H and O–H groups in total. The first kappa shape index (κ1) is 22.7. The molecule has 0 aliphatic carbocycles. The van der Waals surface area contributed by atoms with Crippen molar-refractivity contribution >= 4 is 54.7 Å². The quantitative estimate of drug-likeness (QED) is 0.562. The predicted molar refractivity (Wildman–Crippen MR) is 122 cm³/mol. The van der Waals surface area contributed by atoms with E-state index in [1.807, 2.05) is 11.0 Å². The number of morpholine rings is 1. The molecule has 0 saturated carbocycles. The van der Waals surface area contributed by atoms with E-state index in [0.29, 0.717) is 39.3 Å². The van der Waals surface area contributed by atoms with E-state index in [2.05, 4.69) is 14.9 Å². The number of likely N-dealkylation sites (tertiary alicyclic amines) is 1. The van der Waals surface area contributed by atoms with Crippen LogP contribution in [0, 0.1) is 0 Å². The molecule has 2 aromatic rings. The van der Waals surface area contributed by atoms with Crippen LogP contribution in [0.15, 0.2) is 6.07 Å². The monoisotopic (exact) mass is 487 g/mol. The number of halogens is 1. The Morgan fingerprint density at radius 2 is 2.06 bits per heavy atom. The van der Waals surface area contributed by atoms with Crippen molar-refractivity contribution in [2.75, 3.05) is 64.1 Å². The number of thiophene rings is 1. The van der Waals surface area contributed by atoms with Crippen LogP contribution in [0.2, 0.25) is 5.28 Å². The molecule has 0 radical (unpaired) electrons. The maximum absolute atomic E-state index is 12.7. The predicted octanol–water partition coefficient (Wildman–Crippen LogP) is 1.26. The first-order valence-corrected chi connectivity index (χ1v) is 13.3. The fourth-order valence-electron chi connectivity index (χ4n) is 3.93. The summed E-state index contributed by atoms with van der Waals surface area (Å²) in [4.78, 5) is 28.2. The van der Waals surface area contributed by atoms with Gasteiger partial charge in [0.2, 0.25) is 11.2 Å². The van der Waals surface area contributed by atoms with Gasteiger partial charge in [0.25, 0.3) is 0 Å². The van der Waals surface area contributed by atoms with Crippen LogP contribution < -0.4 is 4.90 Å². The Labute approximate surface area is 190 Å². The standard InChI is InChI=1S/C19H26ClN5O4S2/c1-23(16(26)12-24-4-3-14(11-24)31(2,27)28)10-13-9-15-17(30-13)18(22-19(20)21-15)25-5-7-29-8-6-25/h9,14H,3-8,10-12H2,1-2H3. The molecule has 1 unspecified atom stereocenters. The SMILES string of the molecule is CN(Cc1cc2nc(Cl)nc(N3CCOCC3)c2s1)C(=O)CN1CCC(S(C)(=O)=O)C1. The number of fused-ring (bicyclic) bond motifs is 1. The summed E-state index contributed by atoms with van der Waals surface area (Å²) in [5, 5.41) is -0.174. The second-order valence-corrected chi connectivity index (χ2v) is 11.9. The number of anilines is 1. The molecule has 2 saturated heterocycles. The minimum Gasteiger partial charge on any atom is -0.378 e. The van der Waals surface area contributed by atoms with Gasteiger partial charge in [0.1, 0.15) is 0 Å². The van der Waals surface area contributed by atoms with Gasteiger partial charge in [-0.05, 0) is 24.1 Å². The maximum Gasteiger partial charge on any atom is 0.236 e. The molecule has 2 fully saturated rings. The largest absolute Gasteiger partial charge is 0.378 e. The number of likely N-dealkylation sites (N-methyl/N-ethyl adjacent to an activating group) is 1. The average molecular weight is 488 g/mol. The topological polar surface area (TPSA) is 95.9 Å². The first-order valence-electron chi connectivity index (χ1n) is 10.1. The van der Waals surface area contributed by atoms with Crippen molar-refractivity contribution in [3.63, 3.8) is 0 Å². The van der Waals surface area contributed by atoms with Crippen LogP contribution in [0.3, 0.4) is 0 Å². The molecule has 31 heavy (non-hydrogen) atoms. The molecule has 9 nitrogen and oxygen atoms in total. The second-order valence-electron chi connectivity index (χ2n) is 8.07. The number of aromatic nitrogens is 2. The smallest absolute Gasteiger partial charge is 0.236 e. The van der Waals surface area contributed by atoms with Crippen molar-refractivity contribution < 1.29 is 17.9 Å². The van der Waals surface area contributed by atoms with Gasteiger partial charge in [0.15, 0.2) is 15.7 Å². The normalized spacial score (nSPS) is 20.5. The van der Waals surface area contributed by atoms with Gasteiger partial charge in [0.05, 0.1) is 41.8 Å². The Hall–Kier alpha value is -1.53. The van der Waals surface area contributed by atoms with Gasteiger partial charge in [0, 0.05) is 44.4 Å². The van der Waals surface area contributed by atoms with Crippen molar-refractivity contribution in [1.29, 1.82) is 0 Å². The van der Waals surface area contributed by atoms with E-state index in [1.54, 1.807) is 23.3 Å². The highest BCUT2D eigenvalue weighted by Gasteiger charge is 2.31. The Bertz CT molecular complexity index is 1070. The van der Waals surface area contributed by atoms with Crippen molar-refractivity contribution in [2.45, 2.75) is 18.2 Å². The van der Waals surface area contributed by atoms with Crippen LogP contribution in [0.1, 0.15) is 11.3 Å². The molecule has 2 aliphatic heterocycles. The summed E-state index contributed by atoms with van der Waals surface area (Å²) in [6.07, 6.45) is 1.84. The van der Waals surface area contributed by atoms with Crippen LogP contribution in [-0.2, 0) is 25.9 Å². The van der Waals surface area contributed by atoms with Crippen molar-refractivity contribution in [1.82, 2.24) is 19.8 Å². The minimum absolute atomic E-state index is 0.0378. The summed E-state index contributed by atoms with van der Waals surface area (Å²) in [6.45, 7) is 4.50. The van der Waals surface area contributed by atoms with Crippen molar-refractivity contribution in [3.05, 3.63) is 16.2 Å². The molecule has 4 rings (SSSR count). The summed E-state index contributed by atoms with van der Waals surface area (Å²) in [5.74, 6) is 0.775. The molecule has 12 heteroatoms. The van der Waals surface area contributed by atoms with E-state index < -0.39 is 9.84 Å². The molecule has 0 aromatic carbocycles. The summed E-state index contributed by atoms with van der Waals surface area (Å²) in [5.41, 5.74) is 0.776. The lowest BCUT2D eigenvalue weighted by Crippen LogP contribution is -2.37. The summed E-state index contributed by atoms with van der Waals surface area (Å²) >= 11 is 7.72. The molecular formula is C19H26ClN5O4S2. The second kappa shape index (κ2) is 9.14. The lowest BCUT2D eigenvalue weighted by atomic mass is 10.3. The Morgan fingerprint density at radius 3 is 2.74 bits per heavy atom. The molecule has 4 heterocycles. The summed E-state index contributed by atoms with van der Waals surface area (Å²) in [6, 6.07) is 1.96. The molecule has 0 bridgehead atoms. The third kappa shape index (κ3) is 5.28. The highest BCUT2D eigenvalue weighted by atomic mass is 35.5. The van der Waals surface area contributed by atoms with Crippen molar-refractivity contribution in [3.8, 4) is 0 Å². The number of carbonyl (C=O) groups is 1. The molecule has 1 atom stereocenters. The number of sulfone groups is 1. The highest BCUT2D eigenvalue weighted by Crippen LogP contribution is 2.34. The summed E-state index contributed by atoms with van der Waals surface area (Å²) < 4.78 is 29.9. The van der Waals surface area contributed by atoms with Crippen LogP contribution >= 0.6 is 22.9 Å². The maximum atomic E-state index is 12.7. The number of rotatable bonds is 6. The van der Waals surface area contributed by atoms with Crippen LogP contribution in [-0.4, -0.2) is 98.6 Å². The third-order valence-electron chi connectivity index (χ3n) is 5.70. The van der Waals surface area contributed by atoms with Gasteiger partial charge in [-0.25, -0.2) is 13.4 Å². The van der Waals surface area contributed by atoms with Gasteiger partial charge in [-0.2, -0.15) is 4.98 Å². The first-order chi connectivity index (χ1) is 14.7. The zero-order chi connectivity index (χ0) is 22.2. The fourth-order valence-corrected chi connectivity index (χ4v) is 6.28. The van der Waals surface area contributed by atoms with Gasteiger partial charge >= 0.3 is 0 Å². The fraction of sp³-hybridized carbons (Fsp3) is 0.632. The number of hydrogen-bond acceptors (Lipinski definition) is 9. The van der Waals surface area contributed by atoms with E-state index in [4.69, 9.17) is 16.3 Å². The summed E-state index contributed by atoms with van der Waals surface area (Å²) in [7, 11) is -1.31. The molecule has 0 spiro atoms. The van der Waals surface area contributed by atoms with Crippen molar-refractivity contribution in [2.24, 2.45) is 0 Å². The van der Waals surface area contributed by atoms with E-state index in [0.717, 1.165) is 34.0 Å². The number of ether oxygens (including phenoxy) is 1. The molecule has 2 aromatic heterocycles. The number of amides is 1. The molecule has 170 valence electrons. The highest BCUT2D eigenvalue weighted by molar-refractivity contribution is 7.91. The van der Waals surface area contributed by atoms with Gasteiger partial charge in [-0.3, -0.25) is 9.69 Å². The Morgan fingerprint density at radius 1 is 1.32 bits per heavy atom. The van der Waals surface area contributed by atoms with Crippen LogP contribution in [0.4, 0.5) is 5.82 Å². The van der Waals surface area contributed by atoms with Gasteiger partial charge < -0.3 is 14.5 Å². The van der Waals surface area contributed by atoms with E-state index in [-0.39, 0.29) is 23.0 Å². The van der Waals surface area contributed by atoms with Crippen LogP contribution in [0.5, 0.6) is 0 Å². The minimum atomic E-state index is -3.07. The van der Waals surface area contributed by atoms with E-state index in [1.165, 1.54) is 6.26 Å². The van der Waals surface area contributed by atoms with Crippen LogP contribution in [0.25, 0.3) is 10.2 Å². The van der Waals surface area contributed by atoms with Gasteiger partial charge in [-0.1, -0.05) is 0 Å². The Kier molecular flexibility index (Phi) is 6.68. The van der Waals surface area contributed by atoms with E-state index >= 15 is 0 Å². The zero-order valence-corrected chi connectivity index (χ0v) is 20.0. The van der Waals surface area contributed by atoms with E-state index in [9.17, 15) is 13.2 Å². The molecule has 1 amide bonds. The number of carbonyl (C=O) groups excluding carboxylic acids is 1. The third-order valence-corrected chi connectivity index (χ3v) is 8.57. The lowest BCUT2D eigenvalue weighted by molar-refractivity contribution is -0.131. The number of hydrogen-bond donors (Lipinski definition) is 0. The number of nitrogens with zero attached hydrogens (tertiary/aromatic N) is 5. The Balaban J connectivity index is 1.44. The molecular weight excluding hydrogens is 462 g/mol.